The Hall–Kier alpha value is 1.63. The van der Waals surface area contributed by atoms with Gasteiger partial charge in [-0.3, -0.25) is 0 Å². The van der Waals surface area contributed by atoms with Crippen LogP contribution in [0.25, 0.3) is 0 Å². The summed E-state index contributed by atoms with van der Waals surface area (Å²) in [6.45, 7) is 0. The summed E-state index contributed by atoms with van der Waals surface area (Å²) in [5.74, 6) is 0. The van der Waals surface area contributed by atoms with Crippen molar-refractivity contribution in [2.75, 3.05) is 0 Å². The first kappa shape index (κ1) is 10.7. The molecule has 11 heavy (non-hydrogen) atoms. The highest BCUT2D eigenvalue weighted by molar-refractivity contribution is 14.1. The smallest absolute Gasteiger partial charge is 0.0180 e. The zero-order valence-corrected chi connectivity index (χ0v) is 14.5. The van der Waals surface area contributed by atoms with Crippen molar-refractivity contribution in [1.29, 1.82) is 0 Å². The fourth-order valence-corrected chi connectivity index (χ4v) is 7.46. The molecule has 0 bridgehead atoms. The van der Waals surface area contributed by atoms with Gasteiger partial charge in [-0.05, 0) is 91.5 Å². The van der Waals surface area contributed by atoms with Crippen molar-refractivity contribution in [1.82, 2.24) is 0 Å². The first-order valence-electron chi connectivity index (χ1n) is 3.28. The molecule has 1 aromatic carbocycles. The van der Waals surface area contributed by atoms with Crippen LogP contribution < -0.4 is 0 Å². The lowest BCUT2D eigenvalue weighted by atomic mass is 10.2. The van der Waals surface area contributed by atoms with Crippen LogP contribution in [0.2, 0.25) is 0 Å². The third kappa shape index (κ3) is 2.80. The van der Waals surface area contributed by atoms with Gasteiger partial charge in [0.2, 0.25) is 0 Å². The highest BCUT2D eigenvalue weighted by Gasteiger charge is 2.03. The van der Waals surface area contributed by atoms with Gasteiger partial charge in [-0.2, -0.15) is 0 Å². The Morgan fingerprint density at radius 1 is 1.09 bits per heavy atom. The van der Waals surface area contributed by atoms with Crippen LogP contribution in [0.5, 0.6) is 0 Å². The first-order chi connectivity index (χ1) is 5.15. The average Bonchev–Trinajstić information content (AvgIpc) is 1.85. The quantitative estimate of drug-likeness (QED) is 0.411. The van der Waals surface area contributed by atoms with Crippen molar-refractivity contribution in [2.24, 2.45) is 0 Å². The summed E-state index contributed by atoms with van der Waals surface area (Å²) in [6, 6.07) is 5.76. The predicted molar refractivity (Wildman–Crippen MR) is 78.2 cm³/mol. The van der Waals surface area contributed by atoms with E-state index in [0.29, 0.717) is 0 Å². The minimum atomic E-state index is 1.26. The maximum atomic E-state index is 2.42. The fraction of sp³-hybridized carbons (Fsp3) is 0.143. The molecular weight excluding hydrogens is 493 g/mol. The summed E-state index contributed by atoms with van der Waals surface area (Å²) in [5.41, 5.74) is 1.54. The largest absolute Gasteiger partial charge is 0.0442 e. The van der Waals surface area contributed by atoms with Crippen LogP contribution in [0.15, 0.2) is 12.1 Å². The van der Waals surface area contributed by atoms with Gasteiger partial charge in [0.15, 0.2) is 0 Å². The van der Waals surface area contributed by atoms with E-state index in [9.17, 15) is 0 Å². The van der Waals surface area contributed by atoms with Crippen molar-refractivity contribution in [3.8, 4) is 0 Å². The highest BCUT2D eigenvalue weighted by Crippen LogP contribution is 2.22. The predicted octanol–water partition coefficient (Wildman–Crippen LogP) is 2.37. The van der Waals surface area contributed by atoms with Gasteiger partial charge in [0.25, 0.3) is 0 Å². The summed E-state index contributed by atoms with van der Waals surface area (Å²) in [7, 11) is 1.26. The molecule has 0 aliphatic rings. The Labute approximate surface area is 111 Å². The second-order valence-corrected chi connectivity index (χ2v) is 6.48. The molecule has 0 fully saturated rings. The van der Waals surface area contributed by atoms with E-state index < -0.39 is 0 Å². The Morgan fingerprint density at radius 2 is 1.55 bits per heavy atom. The minimum Gasteiger partial charge on any atom is -0.0442 e. The normalized spacial score (nSPS) is 10.5. The van der Waals surface area contributed by atoms with Crippen molar-refractivity contribution < 1.29 is 0 Å². The van der Waals surface area contributed by atoms with Crippen LogP contribution >= 0.6 is 67.8 Å². The van der Waals surface area contributed by atoms with E-state index >= 15 is 0 Å². The topological polar surface area (TPSA) is 0 Å². The van der Waals surface area contributed by atoms with E-state index in [1.165, 1.54) is 27.0 Å². The van der Waals surface area contributed by atoms with Gasteiger partial charge >= 0.3 is 0 Å². The molecule has 0 nitrogen and oxygen atoms in total. The van der Waals surface area contributed by atoms with E-state index in [1.54, 1.807) is 5.56 Å². The van der Waals surface area contributed by atoms with E-state index in [2.05, 4.69) is 79.9 Å². The van der Waals surface area contributed by atoms with Gasteiger partial charge < -0.3 is 0 Å². The van der Waals surface area contributed by atoms with Crippen LogP contribution in [0.4, 0.5) is 0 Å². The number of rotatable bonds is 1. The standard InChI is InChI=1S/C7H7I3Si/c8-4-1-6(9)5(3-11)7(10)2-4/h1-2H,3H2,11H3. The molecule has 0 aliphatic carbocycles. The molecule has 0 heterocycles. The molecule has 0 saturated carbocycles. The molecule has 0 atom stereocenters. The molecule has 0 radical (unpaired) electrons. The summed E-state index contributed by atoms with van der Waals surface area (Å²) in [5, 5.41) is 0. The average molecular weight is 500 g/mol. The summed E-state index contributed by atoms with van der Waals surface area (Å²) >= 11 is 7.21. The van der Waals surface area contributed by atoms with E-state index in [1.807, 2.05) is 0 Å². The van der Waals surface area contributed by atoms with Crippen LogP contribution in [-0.2, 0) is 6.04 Å². The molecule has 0 saturated heterocycles. The number of hydrogen-bond acceptors (Lipinski definition) is 0. The van der Waals surface area contributed by atoms with Crippen molar-refractivity contribution >= 4 is 78.0 Å². The zero-order chi connectivity index (χ0) is 8.43. The monoisotopic (exact) mass is 500 g/mol. The summed E-state index contributed by atoms with van der Waals surface area (Å²) in [6.07, 6.45) is 0. The van der Waals surface area contributed by atoms with Crippen LogP contribution in [0, 0.1) is 10.7 Å². The van der Waals surface area contributed by atoms with E-state index in [-0.39, 0.29) is 0 Å². The van der Waals surface area contributed by atoms with Gasteiger partial charge in [0.1, 0.15) is 0 Å². The highest BCUT2D eigenvalue weighted by atomic mass is 127. The third-order valence-electron chi connectivity index (χ3n) is 1.46. The van der Waals surface area contributed by atoms with Gasteiger partial charge in [0.05, 0.1) is 0 Å². The summed E-state index contributed by atoms with van der Waals surface area (Å²) in [4.78, 5) is 0. The van der Waals surface area contributed by atoms with Crippen molar-refractivity contribution in [2.45, 2.75) is 6.04 Å². The molecule has 1 aromatic rings. The molecule has 4 heteroatoms. The number of benzene rings is 1. The molecular formula is C7H7I3Si. The lowest BCUT2D eigenvalue weighted by Gasteiger charge is -2.04. The third-order valence-corrected chi connectivity index (χ3v) is 4.71. The lowest BCUT2D eigenvalue weighted by molar-refractivity contribution is 1.32. The molecule has 0 aliphatic heterocycles. The number of hydrogen-bond donors (Lipinski definition) is 0. The van der Waals surface area contributed by atoms with Crippen LogP contribution in [0.3, 0.4) is 0 Å². The lowest BCUT2D eigenvalue weighted by Crippen LogP contribution is -1.94. The van der Waals surface area contributed by atoms with Crippen LogP contribution in [0.1, 0.15) is 5.56 Å². The maximum Gasteiger partial charge on any atom is 0.0180 e. The van der Waals surface area contributed by atoms with Gasteiger partial charge in [-0.25, -0.2) is 0 Å². The zero-order valence-electron chi connectivity index (χ0n) is 6.00. The summed E-state index contributed by atoms with van der Waals surface area (Å²) < 4.78 is 4.19. The molecule has 0 N–H and O–H groups in total. The van der Waals surface area contributed by atoms with Crippen molar-refractivity contribution in [3.05, 3.63) is 28.4 Å². The van der Waals surface area contributed by atoms with Crippen LogP contribution in [-0.4, -0.2) is 10.2 Å². The maximum absolute atomic E-state index is 2.42. The first-order valence-corrected chi connectivity index (χ1v) is 7.93. The molecule has 0 aromatic heterocycles. The SMILES string of the molecule is [SiH3]Cc1c(I)cc(I)cc1I. The number of halogens is 3. The van der Waals surface area contributed by atoms with Gasteiger partial charge in [-0.15, -0.1) is 0 Å². The van der Waals surface area contributed by atoms with Gasteiger partial charge in [-0.1, -0.05) is 0 Å². The second kappa shape index (κ2) is 4.75. The Morgan fingerprint density at radius 3 is 1.91 bits per heavy atom. The molecule has 0 unspecified atom stereocenters. The Balaban J connectivity index is 3.25. The Kier molecular flexibility index (Phi) is 4.62. The second-order valence-electron chi connectivity index (χ2n) is 2.20. The molecule has 0 spiro atoms. The molecule has 1 rings (SSSR count). The van der Waals surface area contributed by atoms with Gasteiger partial charge in [0, 0.05) is 21.0 Å². The molecule has 60 valence electrons. The minimum absolute atomic E-state index is 1.26. The molecule has 0 amide bonds. The van der Waals surface area contributed by atoms with Crippen molar-refractivity contribution in [3.63, 3.8) is 0 Å². The fourth-order valence-electron chi connectivity index (χ4n) is 0.910. The van der Waals surface area contributed by atoms with E-state index in [0.717, 1.165) is 0 Å². The Bertz CT molecular complexity index is 249. The van der Waals surface area contributed by atoms with E-state index in [4.69, 9.17) is 0 Å².